The third-order valence-corrected chi connectivity index (χ3v) is 4.75. The van der Waals surface area contributed by atoms with Crippen molar-refractivity contribution in [1.82, 2.24) is 9.19 Å². The van der Waals surface area contributed by atoms with Gasteiger partial charge in [-0.1, -0.05) is 26.0 Å². The van der Waals surface area contributed by atoms with Gasteiger partial charge in [-0.2, -0.15) is 17.6 Å². The Hall–Kier alpha value is -1.62. The standard InChI is InChI=1S/C15H20N2O2S/c1-11(2)9-14-5-7-15(8-6-14)20(18,19)17-13(4)10-12(3)16-17/h5-8,10-11H,9H2,1-4H3. The lowest BCUT2D eigenvalue weighted by Gasteiger charge is -2.08. The van der Waals surface area contributed by atoms with Gasteiger partial charge < -0.3 is 0 Å². The van der Waals surface area contributed by atoms with E-state index in [1.807, 2.05) is 12.1 Å². The minimum atomic E-state index is -3.59. The van der Waals surface area contributed by atoms with Gasteiger partial charge in [-0.15, -0.1) is 0 Å². The molecule has 2 aromatic rings. The van der Waals surface area contributed by atoms with Crippen molar-refractivity contribution in [2.75, 3.05) is 0 Å². The van der Waals surface area contributed by atoms with Gasteiger partial charge in [0, 0.05) is 0 Å². The van der Waals surface area contributed by atoms with E-state index in [9.17, 15) is 8.42 Å². The summed E-state index contributed by atoms with van der Waals surface area (Å²) in [6.45, 7) is 7.80. The summed E-state index contributed by atoms with van der Waals surface area (Å²) in [5.41, 5.74) is 2.46. The molecule has 4 nitrogen and oxygen atoms in total. The Labute approximate surface area is 120 Å². The highest BCUT2D eigenvalue weighted by Gasteiger charge is 2.20. The molecule has 0 fully saturated rings. The Bertz CT molecular complexity index is 698. The lowest BCUT2D eigenvalue weighted by molar-refractivity contribution is 0.577. The molecule has 20 heavy (non-hydrogen) atoms. The highest BCUT2D eigenvalue weighted by molar-refractivity contribution is 7.89. The molecule has 0 amide bonds. The Morgan fingerprint density at radius 3 is 2.20 bits per heavy atom. The van der Waals surface area contributed by atoms with Crippen LogP contribution >= 0.6 is 0 Å². The van der Waals surface area contributed by atoms with Gasteiger partial charge in [0.2, 0.25) is 0 Å². The molecule has 1 heterocycles. The van der Waals surface area contributed by atoms with Crippen LogP contribution in [0.5, 0.6) is 0 Å². The average molecular weight is 292 g/mol. The van der Waals surface area contributed by atoms with Crippen LogP contribution in [-0.4, -0.2) is 17.6 Å². The van der Waals surface area contributed by atoms with Gasteiger partial charge in [0.15, 0.2) is 0 Å². The molecule has 0 radical (unpaired) electrons. The highest BCUT2D eigenvalue weighted by Crippen LogP contribution is 2.18. The molecule has 5 heteroatoms. The highest BCUT2D eigenvalue weighted by atomic mass is 32.2. The van der Waals surface area contributed by atoms with Crippen LogP contribution in [0.25, 0.3) is 0 Å². The van der Waals surface area contributed by atoms with Gasteiger partial charge in [-0.3, -0.25) is 0 Å². The van der Waals surface area contributed by atoms with Crippen molar-refractivity contribution in [3.8, 4) is 0 Å². The van der Waals surface area contributed by atoms with E-state index in [0.29, 0.717) is 17.3 Å². The molecule has 0 spiro atoms. The molecule has 1 aromatic heterocycles. The van der Waals surface area contributed by atoms with Gasteiger partial charge in [0.1, 0.15) is 0 Å². The quantitative estimate of drug-likeness (QED) is 0.870. The van der Waals surface area contributed by atoms with E-state index in [1.165, 1.54) is 0 Å². The second-order valence-corrected chi connectivity index (χ2v) is 7.28. The third kappa shape index (κ3) is 2.93. The lowest BCUT2D eigenvalue weighted by Crippen LogP contribution is -2.16. The van der Waals surface area contributed by atoms with E-state index in [1.54, 1.807) is 32.0 Å². The fourth-order valence-corrected chi connectivity index (χ4v) is 3.57. The van der Waals surface area contributed by atoms with Crippen LogP contribution in [0.3, 0.4) is 0 Å². The maximum Gasteiger partial charge on any atom is 0.283 e. The topological polar surface area (TPSA) is 52.0 Å². The number of benzene rings is 1. The first-order chi connectivity index (χ1) is 9.30. The smallest absolute Gasteiger partial charge is 0.199 e. The Kier molecular flexibility index (Phi) is 3.99. The second kappa shape index (κ2) is 5.40. The molecule has 0 aliphatic heterocycles. The zero-order valence-corrected chi connectivity index (χ0v) is 13.1. The van der Waals surface area contributed by atoms with Crippen LogP contribution in [0.15, 0.2) is 35.2 Å². The Morgan fingerprint density at radius 1 is 1.15 bits per heavy atom. The van der Waals surface area contributed by atoms with E-state index in [-0.39, 0.29) is 4.90 Å². The number of hydrogen-bond donors (Lipinski definition) is 0. The van der Waals surface area contributed by atoms with Crippen molar-refractivity contribution in [2.45, 2.75) is 39.0 Å². The van der Waals surface area contributed by atoms with Crippen LogP contribution < -0.4 is 0 Å². The SMILES string of the molecule is Cc1cc(C)n(S(=O)(=O)c2ccc(CC(C)C)cc2)n1. The second-order valence-electron chi connectivity index (χ2n) is 5.52. The number of aromatic nitrogens is 2. The summed E-state index contributed by atoms with van der Waals surface area (Å²) < 4.78 is 26.1. The first-order valence-corrected chi connectivity index (χ1v) is 8.12. The zero-order valence-electron chi connectivity index (χ0n) is 12.3. The minimum absolute atomic E-state index is 0.274. The maximum atomic E-state index is 12.5. The molecule has 0 bridgehead atoms. The predicted octanol–water partition coefficient (Wildman–Crippen LogP) is 2.94. The van der Waals surface area contributed by atoms with Crippen LogP contribution in [-0.2, 0) is 16.4 Å². The van der Waals surface area contributed by atoms with E-state index in [4.69, 9.17) is 0 Å². The summed E-state index contributed by atoms with van der Waals surface area (Å²) >= 11 is 0. The van der Waals surface area contributed by atoms with E-state index in [0.717, 1.165) is 16.1 Å². The first-order valence-electron chi connectivity index (χ1n) is 6.68. The Morgan fingerprint density at radius 2 is 1.75 bits per heavy atom. The van der Waals surface area contributed by atoms with Crippen molar-refractivity contribution in [1.29, 1.82) is 0 Å². The fraction of sp³-hybridized carbons (Fsp3) is 0.400. The van der Waals surface area contributed by atoms with Crippen molar-refractivity contribution < 1.29 is 8.42 Å². The molecule has 108 valence electrons. The summed E-state index contributed by atoms with van der Waals surface area (Å²) in [6, 6.07) is 8.81. The maximum absolute atomic E-state index is 12.5. The number of aryl methyl sites for hydroxylation is 2. The monoisotopic (exact) mass is 292 g/mol. The number of nitrogens with zero attached hydrogens (tertiary/aromatic N) is 2. The molecule has 2 rings (SSSR count). The number of hydrogen-bond acceptors (Lipinski definition) is 3. The number of rotatable bonds is 4. The molecule has 0 N–H and O–H groups in total. The molecule has 0 aliphatic rings. The molecule has 0 unspecified atom stereocenters. The van der Waals surface area contributed by atoms with Gasteiger partial charge in [-0.25, -0.2) is 0 Å². The average Bonchev–Trinajstić information content (AvgIpc) is 2.69. The molecule has 0 saturated heterocycles. The first kappa shape index (κ1) is 14.8. The van der Waals surface area contributed by atoms with Crippen molar-refractivity contribution in [3.63, 3.8) is 0 Å². The zero-order chi connectivity index (χ0) is 14.9. The summed E-state index contributed by atoms with van der Waals surface area (Å²) in [5, 5.41) is 4.06. The normalized spacial score (nSPS) is 12.1. The van der Waals surface area contributed by atoms with E-state index >= 15 is 0 Å². The summed E-state index contributed by atoms with van der Waals surface area (Å²) in [7, 11) is -3.59. The van der Waals surface area contributed by atoms with Crippen molar-refractivity contribution in [3.05, 3.63) is 47.3 Å². The van der Waals surface area contributed by atoms with Crippen LogP contribution in [0, 0.1) is 19.8 Å². The molecule has 0 aliphatic carbocycles. The fourth-order valence-electron chi connectivity index (χ4n) is 2.22. The predicted molar refractivity (Wildman–Crippen MR) is 79.3 cm³/mol. The van der Waals surface area contributed by atoms with E-state index < -0.39 is 10.0 Å². The molecular formula is C15H20N2O2S. The Balaban J connectivity index is 2.37. The van der Waals surface area contributed by atoms with Gasteiger partial charge in [0.25, 0.3) is 10.0 Å². The molecule has 0 saturated carbocycles. The van der Waals surface area contributed by atoms with Gasteiger partial charge in [0.05, 0.1) is 16.3 Å². The largest absolute Gasteiger partial charge is 0.283 e. The van der Waals surface area contributed by atoms with Gasteiger partial charge in [-0.05, 0) is 49.9 Å². The van der Waals surface area contributed by atoms with Crippen molar-refractivity contribution >= 4 is 10.0 Å². The summed E-state index contributed by atoms with van der Waals surface area (Å²) in [6.07, 6.45) is 0.945. The molecular weight excluding hydrogens is 272 g/mol. The van der Waals surface area contributed by atoms with Crippen LogP contribution in [0.4, 0.5) is 0 Å². The van der Waals surface area contributed by atoms with Crippen LogP contribution in [0.2, 0.25) is 0 Å². The van der Waals surface area contributed by atoms with Crippen LogP contribution in [0.1, 0.15) is 30.8 Å². The molecule has 1 aromatic carbocycles. The van der Waals surface area contributed by atoms with Crippen molar-refractivity contribution in [2.24, 2.45) is 5.92 Å². The minimum Gasteiger partial charge on any atom is -0.199 e. The molecule has 0 atom stereocenters. The lowest BCUT2D eigenvalue weighted by atomic mass is 10.0. The summed E-state index contributed by atoms with van der Waals surface area (Å²) in [4.78, 5) is 0.274. The van der Waals surface area contributed by atoms with E-state index in [2.05, 4.69) is 18.9 Å². The summed E-state index contributed by atoms with van der Waals surface area (Å²) in [5.74, 6) is 0.550. The third-order valence-electron chi connectivity index (χ3n) is 3.06. The van der Waals surface area contributed by atoms with Gasteiger partial charge >= 0.3 is 0 Å².